The van der Waals surface area contributed by atoms with Crippen molar-refractivity contribution in [1.82, 2.24) is 14.3 Å². The molecule has 1 atom stereocenters. The fourth-order valence-electron chi connectivity index (χ4n) is 3.83. The largest absolute Gasteiger partial charge is 0.378 e. The molecule has 140 valence electrons. The van der Waals surface area contributed by atoms with Crippen LogP contribution in [0.2, 0.25) is 0 Å². The summed E-state index contributed by atoms with van der Waals surface area (Å²) in [4.78, 5) is 19.5. The first-order chi connectivity index (χ1) is 13.1. The van der Waals surface area contributed by atoms with Gasteiger partial charge in [-0.2, -0.15) is 0 Å². The lowest BCUT2D eigenvalue weighted by Crippen LogP contribution is -2.41. The van der Waals surface area contributed by atoms with Gasteiger partial charge in [-0.3, -0.25) is 4.79 Å². The van der Waals surface area contributed by atoms with Crippen LogP contribution in [0.3, 0.4) is 0 Å². The van der Waals surface area contributed by atoms with E-state index in [1.807, 2.05) is 23.2 Å². The molecule has 1 amide bonds. The van der Waals surface area contributed by atoms with E-state index in [-0.39, 0.29) is 11.8 Å². The van der Waals surface area contributed by atoms with E-state index in [1.165, 1.54) is 16.7 Å². The summed E-state index contributed by atoms with van der Waals surface area (Å²) in [6.45, 7) is 6.76. The number of ether oxygens (including phenoxy) is 1. The van der Waals surface area contributed by atoms with Crippen LogP contribution < -0.4 is 0 Å². The molecule has 3 heterocycles. The van der Waals surface area contributed by atoms with Crippen LogP contribution >= 0.6 is 0 Å². The van der Waals surface area contributed by atoms with Crippen molar-refractivity contribution in [2.45, 2.75) is 26.2 Å². The number of nitrogens with zero attached hydrogens (tertiary/aromatic N) is 3. The van der Waals surface area contributed by atoms with E-state index >= 15 is 0 Å². The van der Waals surface area contributed by atoms with Gasteiger partial charge in [0.25, 0.3) is 0 Å². The van der Waals surface area contributed by atoms with Crippen molar-refractivity contribution in [2.75, 3.05) is 26.3 Å². The molecule has 27 heavy (non-hydrogen) atoms. The molecule has 3 aromatic rings. The smallest absolute Gasteiger partial charge is 0.223 e. The Kier molecular flexibility index (Phi) is 4.94. The van der Waals surface area contributed by atoms with Crippen LogP contribution in [0, 0.1) is 13.8 Å². The third-order valence-electron chi connectivity index (χ3n) is 5.36. The number of fused-ring (bicyclic) bond motifs is 1. The van der Waals surface area contributed by atoms with Crippen LogP contribution in [0.25, 0.3) is 5.65 Å². The highest BCUT2D eigenvalue weighted by molar-refractivity contribution is 5.78. The first-order valence-corrected chi connectivity index (χ1v) is 9.48. The number of carbonyl (C=O) groups excluding carboxylic acids is 1. The van der Waals surface area contributed by atoms with Gasteiger partial charge in [0, 0.05) is 37.8 Å². The molecule has 0 bridgehead atoms. The molecule has 5 nitrogen and oxygen atoms in total. The van der Waals surface area contributed by atoms with Gasteiger partial charge in [-0.15, -0.1) is 0 Å². The van der Waals surface area contributed by atoms with Crippen LogP contribution in [0.1, 0.15) is 34.7 Å². The van der Waals surface area contributed by atoms with Crippen molar-refractivity contribution in [2.24, 2.45) is 0 Å². The molecule has 1 fully saturated rings. The predicted molar refractivity (Wildman–Crippen MR) is 105 cm³/mol. The van der Waals surface area contributed by atoms with Crippen molar-refractivity contribution < 1.29 is 9.53 Å². The van der Waals surface area contributed by atoms with Gasteiger partial charge in [-0.05, 0) is 42.7 Å². The minimum absolute atomic E-state index is 0.0285. The molecule has 2 aromatic heterocycles. The number of rotatable bonds is 4. The predicted octanol–water partition coefficient (Wildman–Crippen LogP) is 3.33. The lowest BCUT2D eigenvalue weighted by Gasteiger charge is -2.29. The molecule has 0 aliphatic carbocycles. The number of amides is 1. The lowest BCUT2D eigenvalue weighted by molar-refractivity contribution is -0.135. The summed E-state index contributed by atoms with van der Waals surface area (Å²) < 4.78 is 7.50. The first kappa shape index (κ1) is 17.7. The summed E-state index contributed by atoms with van der Waals surface area (Å²) >= 11 is 0. The van der Waals surface area contributed by atoms with E-state index in [4.69, 9.17) is 4.74 Å². The summed E-state index contributed by atoms with van der Waals surface area (Å²) in [5, 5.41) is 0. The number of hydrogen-bond acceptors (Lipinski definition) is 3. The Morgan fingerprint density at radius 1 is 1.19 bits per heavy atom. The van der Waals surface area contributed by atoms with E-state index in [1.54, 1.807) is 0 Å². The number of morpholine rings is 1. The van der Waals surface area contributed by atoms with Gasteiger partial charge in [-0.1, -0.05) is 24.3 Å². The van der Waals surface area contributed by atoms with Crippen LogP contribution in [0.5, 0.6) is 0 Å². The minimum atomic E-state index is -0.0285. The number of aryl methyl sites for hydroxylation is 2. The summed E-state index contributed by atoms with van der Waals surface area (Å²) in [7, 11) is 0. The summed E-state index contributed by atoms with van der Waals surface area (Å²) in [6, 6.07) is 12.5. The van der Waals surface area contributed by atoms with Gasteiger partial charge in [0.05, 0.1) is 18.9 Å². The summed E-state index contributed by atoms with van der Waals surface area (Å²) in [6.07, 6.45) is 4.41. The highest BCUT2D eigenvalue weighted by atomic mass is 16.5. The zero-order valence-electron chi connectivity index (χ0n) is 15.9. The quantitative estimate of drug-likeness (QED) is 0.714. The average molecular weight is 363 g/mol. The molecule has 0 radical (unpaired) electrons. The maximum absolute atomic E-state index is 13.0. The summed E-state index contributed by atoms with van der Waals surface area (Å²) in [5.74, 6) is 0.146. The Balaban J connectivity index is 1.73. The fraction of sp³-hybridized carbons (Fsp3) is 0.364. The van der Waals surface area contributed by atoms with Crippen LogP contribution in [0.4, 0.5) is 0 Å². The maximum Gasteiger partial charge on any atom is 0.223 e. The maximum atomic E-state index is 13.0. The van der Waals surface area contributed by atoms with Gasteiger partial charge in [-0.25, -0.2) is 4.98 Å². The zero-order valence-corrected chi connectivity index (χ0v) is 15.9. The van der Waals surface area contributed by atoms with Crippen molar-refractivity contribution in [3.63, 3.8) is 0 Å². The highest BCUT2D eigenvalue weighted by Gasteiger charge is 2.26. The van der Waals surface area contributed by atoms with Crippen LogP contribution in [-0.2, 0) is 9.53 Å². The Hall–Kier alpha value is -2.66. The fourth-order valence-corrected chi connectivity index (χ4v) is 3.83. The van der Waals surface area contributed by atoms with E-state index in [2.05, 4.69) is 53.7 Å². The molecule has 1 aliphatic heterocycles. The molecular weight excluding hydrogens is 338 g/mol. The Bertz CT molecular complexity index is 957. The van der Waals surface area contributed by atoms with E-state index in [0.717, 1.165) is 11.3 Å². The zero-order chi connectivity index (χ0) is 18.8. The Labute approximate surface area is 159 Å². The van der Waals surface area contributed by atoms with E-state index < -0.39 is 0 Å². The molecular formula is C22H25N3O2. The van der Waals surface area contributed by atoms with Gasteiger partial charge < -0.3 is 14.0 Å². The van der Waals surface area contributed by atoms with Gasteiger partial charge >= 0.3 is 0 Å². The van der Waals surface area contributed by atoms with Crippen LogP contribution in [-0.4, -0.2) is 46.5 Å². The Morgan fingerprint density at radius 2 is 1.96 bits per heavy atom. The lowest BCUT2D eigenvalue weighted by atomic mass is 9.89. The van der Waals surface area contributed by atoms with Gasteiger partial charge in [0.1, 0.15) is 5.65 Å². The highest BCUT2D eigenvalue weighted by Crippen LogP contribution is 2.31. The molecule has 1 saturated heterocycles. The van der Waals surface area contributed by atoms with Crippen molar-refractivity contribution in [3.8, 4) is 0 Å². The second-order valence-electron chi connectivity index (χ2n) is 7.22. The number of aromatic nitrogens is 2. The van der Waals surface area contributed by atoms with Crippen molar-refractivity contribution in [3.05, 3.63) is 71.2 Å². The third-order valence-corrected chi connectivity index (χ3v) is 5.36. The normalized spacial score (nSPS) is 15.9. The van der Waals surface area contributed by atoms with Crippen LogP contribution in [0.15, 0.2) is 48.8 Å². The topological polar surface area (TPSA) is 46.8 Å². The molecule has 1 aromatic carbocycles. The SMILES string of the molecule is Cc1ccn2c(C(CC(=O)N3CCOCC3)c3ccccc3C)cnc2c1. The van der Waals surface area contributed by atoms with E-state index in [9.17, 15) is 4.79 Å². The van der Waals surface area contributed by atoms with Crippen molar-refractivity contribution >= 4 is 11.6 Å². The standard InChI is InChI=1S/C22H25N3O2/c1-16-7-8-25-20(15-23-21(25)13-16)19(18-6-4-3-5-17(18)2)14-22(26)24-9-11-27-12-10-24/h3-8,13,15,19H,9-12,14H2,1-2H3. The number of carbonyl (C=O) groups is 1. The number of benzene rings is 1. The molecule has 1 aliphatic rings. The van der Waals surface area contributed by atoms with Crippen molar-refractivity contribution in [1.29, 1.82) is 0 Å². The van der Waals surface area contributed by atoms with Gasteiger partial charge in [0.15, 0.2) is 0 Å². The molecule has 4 rings (SSSR count). The molecule has 0 spiro atoms. The minimum Gasteiger partial charge on any atom is -0.378 e. The third kappa shape index (κ3) is 3.60. The van der Waals surface area contributed by atoms with Gasteiger partial charge in [0.2, 0.25) is 5.91 Å². The average Bonchev–Trinajstić information content (AvgIpc) is 3.10. The second-order valence-corrected chi connectivity index (χ2v) is 7.22. The molecule has 0 N–H and O–H groups in total. The number of pyridine rings is 1. The molecule has 5 heteroatoms. The summed E-state index contributed by atoms with van der Waals surface area (Å²) in [5.41, 5.74) is 5.53. The monoisotopic (exact) mass is 363 g/mol. The van der Waals surface area contributed by atoms with E-state index in [0.29, 0.717) is 32.7 Å². The number of hydrogen-bond donors (Lipinski definition) is 0. The second kappa shape index (κ2) is 7.53. The molecule has 0 saturated carbocycles. The number of imidazole rings is 1. The molecule has 1 unspecified atom stereocenters. The Morgan fingerprint density at radius 3 is 2.74 bits per heavy atom. The first-order valence-electron chi connectivity index (χ1n) is 9.48.